The summed E-state index contributed by atoms with van der Waals surface area (Å²) in [6.07, 6.45) is 4.83. The molecule has 1 amide bonds. The number of hydrogen-bond donors (Lipinski definition) is 1. The van der Waals surface area contributed by atoms with Gasteiger partial charge in [0, 0.05) is 26.8 Å². The van der Waals surface area contributed by atoms with Crippen molar-refractivity contribution in [2.24, 2.45) is 5.92 Å². The van der Waals surface area contributed by atoms with E-state index in [1.54, 1.807) is 12.0 Å². The van der Waals surface area contributed by atoms with E-state index >= 15 is 0 Å². The third-order valence-electron chi connectivity index (χ3n) is 3.18. The Morgan fingerprint density at radius 2 is 2.22 bits per heavy atom. The van der Waals surface area contributed by atoms with Crippen LogP contribution in [0.4, 0.5) is 5.82 Å². The van der Waals surface area contributed by atoms with Crippen molar-refractivity contribution in [2.45, 2.75) is 12.8 Å². The second-order valence-electron chi connectivity index (χ2n) is 4.52. The maximum Gasteiger partial charge on any atom is 0.274 e. The van der Waals surface area contributed by atoms with Gasteiger partial charge in [-0.2, -0.15) is 0 Å². The van der Waals surface area contributed by atoms with Gasteiger partial charge in [-0.15, -0.1) is 0 Å². The van der Waals surface area contributed by atoms with Gasteiger partial charge < -0.3 is 15.4 Å². The van der Waals surface area contributed by atoms with E-state index in [0.717, 1.165) is 32.5 Å². The van der Waals surface area contributed by atoms with E-state index in [1.165, 1.54) is 12.4 Å². The highest BCUT2D eigenvalue weighted by Gasteiger charge is 2.24. The summed E-state index contributed by atoms with van der Waals surface area (Å²) in [4.78, 5) is 21.8. The van der Waals surface area contributed by atoms with Crippen molar-refractivity contribution < 1.29 is 9.53 Å². The molecule has 1 fully saturated rings. The van der Waals surface area contributed by atoms with E-state index in [4.69, 9.17) is 10.5 Å². The Hall–Kier alpha value is -1.69. The first kappa shape index (κ1) is 12.8. The molecule has 1 aliphatic rings. The molecule has 0 spiro atoms. The molecule has 0 bridgehead atoms. The second-order valence-corrected chi connectivity index (χ2v) is 4.52. The highest BCUT2D eigenvalue weighted by atomic mass is 16.5. The maximum absolute atomic E-state index is 12.2. The number of amides is 1. The van der Waals surface area contributed by atoms with Gasteiger partial charge in [0.1, 0.15) is 11.5 Å². The molecule has 2 N–H and O–H groups in total. The number of piperidine rings is 1. The van der Waals surface area contributed by atoms with Crippen molar-refractivity contribution in [3.8, 4) is 0 Å². The summed E-state index contributed by atoms with van der Waals surface area (Å²) < 4.78 is 5.14. The van der Waals surface area contributed by atoms with E-state index < -0.39 is 0 Å². The van der Waals surface area contributed by atoms with Crippen LogP contribution >= 0.6 is 0 Å². The summed E-state index contributed by atoms with van der Waals surface area (Å²) in [5, 5.41) is 0. The van der Waals surface area contributed by atoms with Gasteiger partial charge in [-0.1, -0.05) is 0 Å². The van der Waals surface area contributed by atoms with E-state index in [0.29, 0.717) is 11.6 Å². The van der Waals surface area contributed by atoms with Crippen molar-refractivity contribution >= 4 is 11.7 Å². The van der Waals surface area contributed by atoms with Gasteiger partial charge >= 0.3 is 0 Å². The number of aromatic nitrogens is 2. The smallest absolute Gasteiger partial charge is 0.274 e. The number of nitrogens with zero attached hydrogens (tertiary/aromatic N) is 3. The third-order valence-corrected chi connectivity index (χ3v) is 3.18. The van der Waals surface area contributed by atoms with Crippen LogP contribution in [0, 0.1) is 5.92 Å². The number of nitrogens with two attached hydrogens (primary N) is 1. The van der Waals surface area contributed by atoms with Gasteiger partial charge in [-0.05, 0) is 18.8 Å². The lowest BCUT2D eigenvalue weighted by Gasteiger charge is -2.31. The van der Waals surface area contributed by atoms with E-state index in [2.05, 4.69) is 9.97 Å². The molecule has 0 atom stereocenters. The quantitative estimate of drug-likeness (QED) is 0.847. The molecule has 0 saturated carbocycles. The summed E-state index contributed by atoms with van der Waals surface area (Å²) in [7, 11) is 1.71. The molecule has 0 radical (unpaired) electrons. The molecule has 1 aromatic heterocycles. The number of carbonyl (C=O) groups excluding carboxylic acids is 1. The monoisotopic (exact) mass is 250 g/mol. The van der Waals surface area contributed by atoms with Gasteiger partial charge in [-0.3, -0.25) is 9.78 Å². The number of likely N-dealkylation sites (tertiary alicyclic amines) is 1. The Morgan fingerprint density at radius 1 is 1.50 bits per heavy atom. The molecule has 2 rings (SSSR count). The van der Waals surface area contributed by atoms with Gasteiger partial charge in [0.05, 0.1) is 12.4 Å². The largest absolute Gasteiger partial charge is 0.384 e. The van der Waals surface area contributed by atoms with Gasteiger partial charge in [0.15, 0.2) is 0 Å². The zero-order valence-corrected chi connectivity index (χ0v) is 10.5. The number of nitrogen functional groups attached to an aromatic ring is 1. The second kappa shape index (κ2) is 5.77. The number of hydrogen-bond acceptors (Lipinski definition) is 5. The van der Waals surface area contributed by atoms with Crippen molar-refractivity contribution in [1.82, 2.24) is 14.9 Å². The first-order valence-electron chi connectivity index (χ1n) is 6.06. The van der Waals surface area contributed by atoms with Crippen LogP contribution in [-0.4, -0.2) is 47.6 Å². The number of rotatable bonds is 3. The Bertz CT molecular complexity index is 416. The number of carbonyl (C=O) groups is 1. The molecule has 2 heterocycles. The zero-order chi connectivity index (χ0) is 13.0. The van der Waals surface area contributed by atoms with E-state index in [-0.39, 0.29) is 11.7 Å². The molecule has 98 valence electrons. The maximum atomic E-state index is 12.2. The predicted molar refractivity (Wildman–Crippen MR) is 66.9 cm³/mol. The average molecular weight is 250 g/mol. The first-order chi connectivity index (χ1) is 8.70. The van der Waals surface area contributed by atoms with Crippen LogP contribution in [0.3, 0.4) is 0 Å². The molecule has 1 aromatic rings. The predicted octanol–water partition coefficient (Wildman–Crippen LogP) is 0.557. The number of methoxy groups -OCH3 is 1. The van der Waals surface area contributed by atoms with Crippen LogP contribution in [-0.2, 0) is 4.74 Å². The Labute approximate surface area is 106 Å². The van der Waals surface area contributed by atoms with Crippen LogP contribution in [0.5, 0.6) is 0 Å². The normalized spacial score (nSPS) is 16.8. The Balaban J connectivity index is 1.95. The zero-order valence-electron chi connectivity index (χ0n) is 10.5. The first-order valence-corrected chi connectivity index (χ1v) is 6.06. The van der Waals surface area contributed by atoms with E-state index in [1.807, 2.05) is 0 Å². The molecule has 6 heteroatoms. The summed E-state index contributed by atoms with van der Waals surface area (Å²) in [6, 6.07) is 0. The average Bonchev–Trinajstić information content (AvgIpc) is 2.39. The van der Waals surface area contributed by atoms with Gasteiger partial charge in [0.2, 0.25) is 0 Å². The molecule has 0 unspecified atom stereocenters. The topological polar surface area (TPSA) is 81.3 Å². The van der Waals surface area contributed by atoms with Crippen LogP contribution in [0.1, 0.15) is 23.3 Å². The molecule has 0 aliphatic carbocycles. The fourth-order valence-corrected chi connectivity index (χ4v) is 2.18. The Morgan fingerprint density at radius 3 is 2.83 bits per heavy atom. The van der Waals surface area contributed by atoms with Crippen molar-refractivity contribution in [3.05, 3.63) is 18.1 Å². The fraction of sp³-hybridized carbons (Fsp3) is 0.583. The lowest BCUT2D eigenvalue weighted by Crippen LogP contribution is -2.39. The van der Waals surface area contributed by atoms with Crippen molar-refractivity contribution in [2.75, 3.05) is 32.5 Å². The molecule has 6 nitrogen and oxygen atoms in total. The van der Waals surface area contributed by atoms with Crippen LogP contribution < -0.4 is 5.73 Å². The highest BCUT2D eigenvalue weighted by Crippen LogP contribution is 2.18. The number of ether oxygens (including phenoxy) is 1. The number of anilines is 1. The molecular formula is C12H18N4O2. The Kier molecular flexibility index (Phi) is 4.09. The minimum Gasteiger partial charge on any atom is -0.384 e. The van der Waals surface area contributed by atoms with Crippen LogP contribution in [0.15, 0.2) is 12.4 Å². The lowest BCUT2D eigenvalue weighted by molar-refractivity contribution is 0.0608. The van der Waals surface area contributed by atoms with Crippen LogP contribution in [0.25, 0.3) is 0 Å². The summed E-state index contributed by atoms with van der Waals surface area (Å²) in [6.45, 7) is 2.24. The summed E-state index contributed by atoms with van der Waals surface area (Å²) in [5.74, 6) is 0.728. The van der Waals surface area contributed by atoms with Gasteiger partial charge in [0.25, 0.3) is 5.91 Å². The third kappa shape index (κ3) is 2.95. The van der Waals surface area contributed by atoms with Gasteiger partial charge in [-0.25, -0.2) is 4.98 Å². The fourth-order valence-electron chi connectivity index (χ4n) is 2.18. The lowest BCUT2D eigenvalue weighted by atomic mass is 9.97. The standard InChI is InChI=1S/C12H18N4O2/c1-18-8-9-2-4-16(5-3-9)12(17)10-6-14-7-11(13)15-10/h6-7,9H,2-5,8H2,1H3,(H2,13,15). The molecule has 1 saturated heterocycles. The van der Waals surface area contributed by atoms with Crippen molar-refractivity contribution in [1.29, 1.82) is 0 Å². The van der Waals surface area contributed by atoms with Crippen LogP contribution in [0.2, 0.25) is 0 Å². The minimum absolute atomic E-state index is 0.0920. The highest BCUT2D eigenvalue weighted by molar-refractivity contribution is 5.92. The van der Waals surface area contributed by atoms with Crippen molar-refractivity contribution in [3.63, 3.8) is 0 Å². The minimum atomic E-state index is -0.0920. The van der Waals surface area contributed by atoms with E-state index in [9.17, 15) is 4.79 Å². The molecular weight excluding hydrogens is 232 g/mol. The molecule has 0 aromatic carbocycles. The molecule has 1 aliphatic heterocycles. The summed E-state index contributed by atoms with van der Waals surface area (Å²) in [5.41, 5.74) is 5.85. The SMILES string of the molecule is COCC1CCN(C(=O)c2cncc(N)n2)CC1. The molecule has 18 heavy (non-hydrogen) atoms. The summed E-state index contributed by atoms with van der Waals surface area (Å²) >= 11 is 0.